The molecule has 2 aliphatic rings. The highest BCUT2D eigenvalue weighted by Crippen LogP contribution is 2.30. The molecule has 0 atom stereocenters. The van der Waals surface area contributed by atoms with Crippen molar-refractivity contribution in [1.29, 1.82) is 0 Å². The first-order chi connectivity index (χ1) is 18.9. The quantitative estimate of drug-likeness (QED) is 0.424. The molecule has 8 heteroatoms. The van der Waals surface area contributed by atoms with Crippen molar-refractivity contribution < 1.29 is 4.74 Å². The number of hydrogen-bond acceptors (Lipinski definition) is 8. The lowest BCUT2D eigenvalue weighted by molar-refractivity contribution is 0.242. The summed E-state index contributed by atoms with van der Waals surface area (Å²) in [5.74, 6) is 3.25. The molecule has 5 rings (SSSR count). The van der Waals surface area contributed by atoms with Crippen LogP contribution >= 0.6 is 0 Å². The Morgan fingerprint density at radius 3 is 2.49 bits per heavy atom. The predicted molar refractivity (Wildman–Crippen MR) is 160 cm³/mol. The molecule has 1 aromatic heterocycles. The first kappa shape index (κ1) is 26.8. The molecule has 3 heterocycles. The second kappa shape index (κ2) is 11.9. The van der Waals surface area contributed by atoms with Crippen molar-refractivity contribution in [3.63, 3.8) is 0 Å². The first-order valence-corrected chi connectivity index (χ1v) is 14.1. The topological polar surface area (TPSA) is 82.8 Å². The molecule has 206 valence electrons. The van der Waals surface area contributed by atoms with Crippen molar-refractivity contribution in [3.8, 4) is 17.0 Å². The van der Waals surface area contributed by atoms with E-state index in [0.717, 1.165) is 86.4 Å². The molecule has 39 heavy (non-hydrogen) atoms. The average molecular weight is 528 g/mol. The largest absolute Gasteiger partial charge is 0.491 e. The third-order valence-electron chi connectivity index (χ3n) is 7.31. The minimum absolute atomic E-state index is 0.162. The number of rotatable bonds is 8. The van der Waals surface area contributed by atoms with Crippen LogP contribution in [-0.2, 0) is 13.0 Å². The smallest absolute Gasteiger partial charge is 0.222 e. The third kappa shape index (κ3) is 6.63. The van der Waals surface area contributed by atoms with Crippen LogP contribution in [0.1, 0.15) is 38.3 Å². The van der Waals surface area contributed by atoms with E-state index in [1.54, 1.807) is 0 Å². The number of fused-ring (bicyclic) bond motifs is 1. The highest BCUT2D eigenvalue weighted by Gasteiger charge is 2.21. The molecule has 0 aliphatic carbocycles. The number of nitrogens with one attached hydrogen (secondary N) is 1. The number of nitrogens with zero attached hydrogens (tertiary/aromatic N) is 5. The molecule has 0 amide bonds. The molecule has 0 radical (unpaired) electrons. The minimum atomic E-state index is 0.162. The SMILES string of the molecule is CC/C=C(/Nc1ccc(OC(C)C)cc1)N1CCc2ccc(-c3cc(N4CCN(C)CC4)nc(N)n3)cc2C1. The summed E-state index contributed by atoms with van der Waals surface area (Å²) in [6.45, 7) is 12.0. The lowest BCUT2D eigenvalue weighted by Crippen LogP contribution is -2.44. The molecule has 3 aromatic rings. The molecule has 0 bridgehead atoms. The molecule has 3 N–H and O–H groups in total. The molecule has 0 saturated carbocycles. The van der Waals surface area contributed by atoms with Gasteiger partial charge in [-0.15, -0.1) is 0 Å². The number of piperazine rings is 1. The van der Waals surface area contributed by atoms with Gasteiger partial charge in [-0.05, 0) is 81.3 Å². The summed E-state index contributed by atoms with van der Waals surface area (Å²) in [6.07, 6.45) is 4.38. The van der Waals surface area contributed by atoms with Gasteiger partial charge in [-0.25, -0.2) is 4.98 Å². The van der Waals surface area contributed by atoms with Gasteiger partial charge in [0.1, 0.15) is 17.4 Å². The van der Waals surface area contributed by atoms with Crippen molar-refractivity contribution in [2.75, 3.05) is 55.7 Å². The van der Waals surface area contributed by atoms with Gasteiger partial charge in [-0.3, -0.25) is 0 Å². The van der Waals surface area contributed by atoms with Gasteiger partial charge in [0.15, 0.2) is 0 Å². The Bertz CT molecular complexity index is 1300. The molecule has 0 spiro atoms. The number of anilines is 3. The highest BCUT2D eigenvalue weighted by atomic mass is 16.5. The molecular weight excluding hydrogens is 486 g/mol. The van der Waals surface area contributed by atoms with Crippen LogP contribution in [0.2, 0.25) is 0 Å². The molecule has 0 unspecified atom stereocenters. The lowest BCUT2D eigenvalue weighted by atomic mass is 9.96. The molecule has 1 fully saturated rings. The molecular formula is C31H41N7O. The maximum atomic E-state index is 6.18. The van der Waals surface area contributed by atoms with Crippen LogP contribution < -0.4 is 20.7 Å². The number of ether oxygens (including phenoxy) is 1. The number of nitrogens with two attached hydrogens (primary N) is 1. The Kier molecular flexibility index (Phi) is 8.21. The van der Waals surface area contributed by atoms with Crippen LogP contribution in [0.5, 0.6) is 5.75 Å². The summed E-state index contributed by atoms with van der Waals surface area (Å²) < 4.78 is 5.80. The van der Waals surface area contributed by atoms with Crippen molar-refractivity contribution in [3.05, 3.63) is 71.6 Å². The van der Waals surface area contributed by atoms with Gasteiger partial charge in [0.05, 0.1) is 11.8 Å². The lowest BCUT2D eigenvalue weighted by Gasteiger charge is -2.34. The number of nitrogen functional groups attached to an aromatic ring is 1. The Labute approximate surface area is 232 Å². The van der Waals surface area contributed by atoms with E-state index in [4.69, 9.17) is 10.5 Å². The van der Waals surface area contributed by atoms with Gasteiger partial charge in [0, 0.05) is 56.6 Å². The van der Waals surface area contributed by atoms with E-state index in [9.17, 15) is 0 Å². The Morgan fingerprint density at radius 1 is 1.00 bits per heavy atom. The summed E-state index contributed by atoms with van der Waals surface area (Å²) in [7, 11) is 2.16. The fourth-order valence-corrected chi connectivity index (χ4v) is 5.21. The maximum absolute atomic E-state index is 6.18. The van der Waals surface area contributed by atoms with Crippen molar-refractivity contribution in [2.45, 2.75) is 46.3 Å². The van der Waals surface area contributed by atoms with E-state index in [0.29, 0.717) is 5.95 Å². The van der Waals surface area contributed by atoms with E-state index in [1.807, 2.05) is 26.0 Å². The van der Waals surface area contributed by atoms with E-state index in [-0.39, 0.29) is 6.10 Å². The summed E-state index contributed by atoms with van der Waals surface area (Å²) >= 11 is 0. The van der Waals surface area contributed by atoms with Crippen molar-refractivity contribution >= 4 is 17.5 Å². The number of aromatic nitrogens is 2. The predicted octanol–water partition coefficient (Wildman–Crippen LogP) is 4.99. The van der Waals surface area contributed by atoms with Crippen LogP contribution in [0, 0.1) is 0 Å². The van der Waals surface area contributed by atoms with E-state index < -0.39 is 0 Å². The highest BCUT2D eigenvalue weighted by molar-refractivity contribution is 5.66. The van der Waals surface area contributed by atoms with Gasteiger partial charge in [0.25, 0.3) is 0 Å². The Balaban J connectivity index is 1.34. The van der Waals surface area contributed by atoms with Gasteiger partial charge >= 0.3 is 0 Å². The van der Waals surface area contributed by atoms with Gasteiger partial charge in [-0.1, -0.05) is 19.1 Å². The normalized spacial score (nSPS) is 16.4. The monoisotopic (exact) mass is 527 g/mol. The zero-order chi connectivity index (χ0) is 27.4. The summed E-state index contributed by atoms with van der Waals surface area (Å²) in [4.78, 5) is 16.2. The maximum Gasteiger partial charge on any atom is 0.222 e. The number of likely N-dealkylation sites (N-methyl/N-ethyl adjacent to an activating group) is 1. The van der Waals surface area contributed by atoms with Crippen molar-refractivity contribution in [1.82, 2.24) is 19.8 Å². The Morgan fingerprint density at radius 2 is 1.77 bits per heavy atom. The van der Waals surface area contributed by atoms with Crippen LogP contribution in [0.4, 0.5) is 17.5 Å². The molecule has 2 aromatic carbocycles. The van der Waals surface area contributed by atoms with Crippen LogP contribution in [0.3, 0.4) is 0 Å². The van der Waals surface area contributed by atoms with Crippen LogP contribution in [0.25, 0.3) is 11.3 Å². The van der Waals surface area contributed by atoms with E-state index in [2.05, 4.69) is 86.4 Å². The van der Waals surface area contributed by atoms with Gasteiger partial charge < -0.3 is 30.5 Å². The van der Waals surface area contributed by atoms with E-state index >= 15 is 0 Å². The average Bonchev–Trinajstić information content (AvgIpc) is 2.93. The Hall–Kier alpha value is -3.78. The minimum Gasteiger partial charge on any atom is -0.491 e. The third-order valence-corrected chi connectivity index (χ3v) is 7.31. The zero-order valence-electron chi connectivity index (χ0n) is 23.7. The van der Waals surface area contributed by atoms with E-state index in [1.165, 1.54) is 11.1 Å². The van der Waals surface area contributed by atoms with Gasteiger partial charge in [-0.2, -0.15) is 4.98 Å². The summed E-state index contributed by atoms with van der Waals surface area (Å²) in [5.41, 5.74) is 11.9. The zero-order valence-corrected chi connectivity index (χ0v) is 23.7. The number of benzene rings is 2. The van der Waals surface area contributed by atoms with Crippen LogP contribution in [0.15, 0.2) is 60.4 Å². The fraction of sp³-hybridized carbons (Fsp3) is 0.419. The summed E-state index contributed by atoms with van der Waals surface area (Å²) in [5, 5.41) is 3.65. The van der Waals surface area contributed by atoms with Crippen LogP contribution in [-0.4, -0.2) is 65.6 Å². The molecule has 8 nitrogen and oxygen atoms in total. The standard InChI is InChI=1S/C31H41N7O/c1-5-6-29(33-26-9-11-27(12-10-26)39-22(2)3)38-14-13-23-7-8-24(19-25(23)21-38)28-20-30(35-31(32)34-28)37-17-15-36(4)16-18-37/h6-12,19-20,22,33H,5,13-18,21H2,1-4H3,(H2,32,34,35)/b29-6-. The molecule has 1 saturated heterocycles. The number of hydrogen-bond donors (Lipinski definition) is 2. The summed E-state index contributed by atoms with van der Waals surface area (Å²) in [6, 6.07) is 17.0. The fourth-order valence-electron chi connectivity index (χ4n) is 5.21. The van der Waals surface area contributed by atoms with Gasteiger partial charge in [0.2, 0.25) is 5.95 Å². The second-order valence-electron chi connectivity index (χ2n) is 10.7. The first-order valence-electron chi connectivity index (χ1n) is 14.1. The van der Waals surface area contributed by atoms with Crippen molar-refractivity contribution in [2.24, 2.45) is 0 Å². The second-order valence-corrected chi connectivity index (χ2v) is 10.7. The number of allylic oxidation sites excluding steroid dienone is 1. The molecule has 2 aliphatic heterocycles.